The van der Waals surface area contributed by atoms with Crippen LogP contribution in [0.1, 0.15) is 12.6 Å². The second kappa shape index (κ2) is 7.41. The molecule has 0 aliphatic rings. The molecule has 4 aromatic rings. The molecule has 28 heavy (non-hydrogen) atoms. The normalized spacial score (nSPS) is 11.4. The zero-order valence-corrected chi connectivity index (χ0v) is 16.2. The van der Waals surface area contributed by atoms with Gasteiger partial charge in [-0.25, -0.2) is 9.97 Å². The van der Waals surface area contributed by atoms with Crippen LogP contribution < -0.4 is 10.6 Å². The van der Waals surface area contributed by atoms with Crippen LogP contribution in [-0.2, 0) is 9.59 Å². The maximum Gasteiger partial charge on any atom is 0.250 e. The lowest BCUT2D eigenvalue weighted by molar-refractivity contribution is -0.114. The fraction of sp³-hybridized carbons (Fsp3) is 0.0526. The first-order valence-electron chi connectivity index (χ1n) is 8.29. The van der Waals surface area contributed by atoms with Gasteiger partial charge in [0.1, 0.15) is 5.65 Å². The number of pyridine rings is 1. The van der Waals surface area contributed by atoms with Crippen molar-refractivity contribution in [2.75, 3.05) is 10.6 Å². The number of anilines is 2. The van der Waals surface area contributed by atoms with E-state index in [4.69, 9.17) is 11.6 Å². The van der Waals surface area contributed by atoms with E-state index in [2.05, 4.69) is 20.6 Å². The van der Waals surface area contributed by atoms with Crippen LogP contribution in [0.4, 0.5) is 10.8 Å². The Bertz CT molecular complexity index is 1240. The van der Waals surface area contributed by atoms with Gasteiger partial charge in [-0.1, -0.05) is 29.0 Å². The molecule has 0 saturated carbocycles. The summed E-state index contributed by atoms with van der Waals surface area (Å²) in [6, 6.07) is 10.9. The third kappa shape index (κ3) is 3.73. The van der Waals surface area contributed by atoms with Crippen LogP contribution in [0.2, 0.25) is 5.15 Å². The molecule has 3 heterocycles. The number of fused-ring (bicyclic) bond motifs is 2. The minimum absolute atomic E-state index is 0.145. The van der Waals surface area contributed by atoms with Crippen LogP contribution >= 0.6 is 22.9 Å². The third-order valence-corrected chi connectivity index (χ3v) is 5.07. The lowest BCUT2D eigenvalue weighted by atomic mass is 10.3. The average Bonchev–Trinajstić information content (AvgIpc) is 3.18. The maximum absolute atomic E-state index is 12.3. The van der Waals surface area contributed by atoms with Crippen molar-refractivity contribution >= 4 is 67.5 Å². The van der Waals surface area contributed by atoms with Crippen molar-refractivity contribution in [3.05, 3.63) is 59.5 Å². The number of halogens is 1. The molecule has 0 aliphatic carbocycles. The fourth-order valence-electron chi connectivity index (χ4n) is 2.70. The molecule has 2 N–H and O–H groups in total. The highest BCUT2D eigenvalue weighted by Crippen LogP contribution is 2.28. The van der Waals surface area contributed by atoms with Gasteiger partial charge in [0, 0.05) is 24.9 Å². The van der Waals surface area contributed by atoms with Gasteiger partial charge in [0.05, 0.1) is 15.9 Å². The van der Waals surface area contributed by atoms with Crippen LogP contribution in [0.25, 0.3) is 21.9 Å². The zero-order chi connectivity index (χ0) is 19.7. The largest absolute Gasteiger partial charge is 0.326 e. The van der Waals surface area contributed by atoms with Gasteiger partial charge < -0.3 is 5.32 Å². The molecule has 0 bridgehead atoms. The molecule has 4 rings (SSSR count). The lowest BCUT2D eigenvalue weighted by Gasteiger charge is -1.99. The summed E-state index contributed by atoms with van der Waals surface area (Å²) in [4.78, 5) is 32.1. The fourth-order valence-corrected chi connectivity index (χ4v) is 3.84. The Balaban J connectivity index is 1.52. The molecule has 0 radical (unpaired) electrons. The molecule has 3 aromatic heterocycles. The summed E-state index contributed by atoms with van der Waals surface area (Å²) in [6.45, 7) is 1.45. The zero-order valence-electron chi connectivity index (χ0n) is 14.6. The van der Waals surface area contributed by atoms with Crippen LogP contribution in [-0.4, -0.2) is 26.2 Å². The minimum atomic E-state index is -0.330. The standard InChI is InChI=1S/C19H14ClN5O2S/c1-11(26)21-12-5-6-13-15(10-12)28-19(22-13)24-17(27)8-7-14-18(20)23-16-4-2-3-9-25(14)16/h2-10H,1H3,(H,21,26)(H,22,24,27)/b8-7+. The second-order valence-corrected chi connectivity index (χ2v) is 7.31. The number of imidazole rings is 1. The third-order valence-electron chi connectivity index (χ3n) is 3.85. The SMILES string of the molecule is CC(=O)Nc1ccc2nc(NC(=O)/C=C/c3c(Cl)nc4ccccn34)sc2c1. The second-order valence-electron chi connectivity index (χ2n) is 5.92. The Kier molecular flexibility index (Phi) is 4.81. The summed E-state index contributed by atoms with van der Waals surface area (Å²) >= 11 is 7.48. The summed E-state index contributed by atoms with van der Waals surface area (Å²) in [7, 11) is 0. The predicted molar refractivity (Wildman–Crippen MR) is 112 cm³/mol. The molecule has 2 amide bonds. The summed E-state index contributed by atoms with van der Waals surface area (Å²) < 4.78 is 2.66. The summed E-state index contributed by atoms with van der Waals surface area (Å²) in [5.74, 6) is -0.475. The minimum Gasteiger partial charge on any atom is -0.326 e. The Morgan fingerprint density at radius 1 is 1.18 bits per heavy atom. The molecule has 140 valence electrons. The number of hydrogen-bond donors (Lipinski definition) is 2. The van der Waals surface area contributed by atoms with Crippen LogP contribution in [0.3, 0.4) is 0 Å². The number of rotatable bonds is 4. The summed E-state index contributed by atoms with van der Waals surface area (Å²) in [5.41, 5.74) is 2.75. The van der Waals surface area contributed by atoms with Gasteiger partial charge >= 0.3 is 0 Å². The van der Waals surface area contributed by atoms with E-state index in [9.17, 15) is 9.59 Å². The highest BCUT2D eigenvalue weighted by Gasteiger charge is 2.09. The predicted octanol–water partition coefficient (Wildman–Crippen LogP) is 4.21. The molecule has 0 fully saturated rings. The van der Waals surface area contributed by atoms with Crippen molar-refractivity contribution in [3.63, 3.8) is 0 Å². The summed E-state index contributed by atoms with van der Waals surface area (Å²) in [6.07, 6.45) is 4.82. The van der Waals surface area contributed by atoms with E-state index in [1.54, 1.807) is 22.6 Å². The molecule has 0 atom stereocenters. The van der Waals surface area contributed by atoms with Crippen LogP contribution in [0.15, 0.2) is 48.7 Å². The number of carbonyl (C=O) groups is 2. The highest BCUT2D eigenvalue weighted by molar-refractivity contribution is 7.22. The first-order chi connectivity index (χ1) is 13.5. The molecule has 0 spiro atoms. The number of thiazole rings is 1. The first-order valence-corrected chi connectivity index (χ1v) is 9.49. The average molecular weight is 412 g/mol. The van der Waals surface area contributed by atoms with Crippen molar-refractivity contribution in [1.29, 1.82) is 0 Å². The Morgan fingerprint density at radius 3 is 2.86 bits per heavy atom. The van der Waals surface area contributed by atoms with Gasteiger partial charge in [0.2, 0.25) is 11.8 Å². The molecular formula is C19H14ClN5O2S. The molecule has 9 heteroatoms. The van der Waals surface area contributed by atoms with E-state index in [0.717, 1.165) is 10.2 Å². The van der Waals surface area contributed by atoms with E-state index in [1.807, 2.05) is 30.5 Å². The number of amides is 2. The molecule has 7 nitrogen and oxygen atoms in total. The van der Waals surface area contributed by atoms with Gasteiger partial charge in [0.15, 0.2) is 10.3 Å². The number of nitrogens with zero attached hydrogens (tertiary/aromatic N) is 3. The maximum atomic E-state index is 12.3. The van der Waals surface area contributed by atoms with E-state index in [-0.39, 0.29) is 11.8 Å². The lowest BCUT2D eigenvalue weighted by Crippen LogP contribution is -2.07. The van der Waals surface area contributed by atoms with Crippen molar-refractivity contribution in [2.24, 2.45) is 0 Å². The molecule has 0 aliphatic heterocycles. The van der Waals surface area contributed by atoms with Crippen molar-refractivity contribution in [2.45, 2.75) is 6.92 Å². The smallest absolute Gasteiger partial charge is 0.250 e. The van der Waals surface area contributed by atoms with Gasteiger partial charge in [-0.3, -0.25) is 19.3 Å². The van der Waals surface area contributed by atoms with Gasteiger partial charge in [-0.2, -0.15) is 0 Å². The van der Waals surface area contributed by atoms with Gasteiger partial charge in [0.25, 0.3) is 0 Å². The number of carbonyl (C=O) groups excluding carboxylic acids is 2. The van der Waals surface area contributed by atoms with E-state index < -0.39 is 0 Å². The number of aromatic nitrogens is 3. The van der Waals surface area contributed by atoms with E-state index >= 15 is 0 Å². The van der Waals surface area contributed by atoms with Gasteiger partial charge in [-0.15, -0.1) is 0 Å². The molecule has 0 unspecified atom stereocenters. The van der Waals surface area contributed by atoms with Gasteiger partial charge in [-0.05, 0) is 36.4 Å². The van der Waals surface area contributed by atoms with E-state index in [0.29, 0.717) is 27.3 Å². The highest BCUT2D eigenvalue weighted by atomic mass is 35.5. The van der Waals surface area contributed by atoms with Crippen LogP contribution in [0.5, 0.6) is 0 Å². The first kappa shape index (κ1) is 18.1. The van der Waals surface area contributed by atoms with Crippen molar-refractivity contribution in [3.8, 4) is 0 Å². The quantitative estimate of drug-likeness (QED) is 0.492. The number of hydrogen-bond acceptors (Lipinski definition) is 5. The van der Waals surface area contributed by atoms with Crippen LogP contribution in [0, 0.1) is 0 Å². The molecule has 0 saturated heterocycles. The van der Waals surface area contributed by atoms with Crippen molar-refractivity contribution in [1.82, 2.24) is 14.4 Å². The Hall–Kier alpha value is -3.23. The molecular weight excluding hydrogens is 398 g/mol. The van der Waals surface area contributed by atoms with Crippen molar-refractivity contribution < 1.29 is 9.59 Å². The summed E-state index contributed by atoms with van der Waals surface area (Å²) in [5, 5.41) is 6.25. The Morgan fingerprint density at radius 2 is 2.04 bits per heavy atom. The van der Waals surface area contributed by atoms with E-state index in [1.165, 1.54) is 24.3 Å². The number of benzene rings is 1. The number of nitrogens with one attached hydrogen (secondary N) is 2. The molecule has 1 aromatic carbocycles. The Labute approximate surface area is 168 Å². The monoisotopic (exact) mass is 411 g/mol. The topological polar surface area (TPSA) is 88.4 Å².